The van der Waals surface area contributed by atoms with Gasteiger partial charge in [-0.1, -0.05) is 86.7 Å². The third kappa shape index (κ3) is 6.92. The Morgan fingerprint density at radius 2 is 0.953 bits per heavy atom. The zero-order chi connectivity index (χ0) is 31.4. The Morgan fingerprint density at radius 3 is 1.30 bits per heavy atom. The SMILES string of the molecule is CC=Cc1cc(OS(=O)(=O)c2ccccc2C)ccc1C(C)(C)c1ccc(OS(=O)(=O)c2ccccc2C)cc1C=CC. The molecule has 0 saturated carbocycles. The molecule has 4 aromatic carbocycles. The quantitative estimate of drug-likeness (QED) is 0.167. The Balaban J connectivity index is 1.73. The fourth-order valence-electron chi connectivity index (χ4n) is 5.12. The predicted molar refractivity (Wildman–Crippen MR) is 172 cm³/mol. The molecule has 0 amide bonds. The van der Waals surface area contributed by atoms with Crippen LogP contribution in [0.3, 0.4) is 0 Å². The van der Waals surface area contributed by atoms with E-state index in [2.05, 4.69) is 13.8 Å². The van der Waals surface area contributed by atoms with Crippen LogP contribution in [0.15, 0.2) is 107 Å². The number of hydrogen-bond acceptors (Lipinski definition) is 6. The van der Waals surface area contributed by atoms with E-state index in [1.165, 1.54) is 12.1 Å². The van der Waals surface area contributed by atoms with Crippen molar-refractivity contribution in [3.63, 3.8) is 0 Å². The van der Waals surface area contributed by atoms with Crippen LogP contribution < -0.4 is 8.37 Å². The Kier molecular flexibility index (Phi) is 9.32. The van der Waals surface area contributed by atoms with Crippen LogP contribution in [-0.2, 0) is 25.7 Å². The lowest BCUT2D eigenvalue weighted by molar-refractivity contribution is 0.483. The number of hydrogen-bond donors (Lipinski definition) is 0. The van der Waals surface area contributed by atoms with Crippen LogP contribution in [0.4, 0.5) is 0 Å². The highest BCUT2D eigenvalue weighted by Gasteiger charge is 2.29. The summed E-state index contributed by atoms with van der Waals surface area (Å²) in [4.78, 5) is 0.240. The molecule has 0 radical (unpaired) electrons. The standard InChI is InChI=1S/C35H36O6S2/c1-7-13-27-23-29(40-42(36,37)33-17-11-9-15-25(33)3)19-21-31(27)35(5,6)32-22-20-30(24-28(32)14-8-2)41-43(38,39)34-18-12-10-16-26(34)4/h7-24H,1-6H3. The third-order valence-electron chi connectivity index (χ3n) is 7.22. The van der Waals surface area contributed by atoms with Crippen molar-refractivity contribution in [3.05, 3.63) is 130 Å². The molecule has 4 aromatic rings. The van der Waals surface area contributed by atoms with Gasteiger partial charge in [-0.2, -0.15) is 16.8 Å². The molecule has 4 rings (SSSR count). The van der Waals surface area contributed by atoms with Crippen LogP contribution in [0, 0.1) is 13.8 Å². The molecule has 0 aromatic heterocycles. The maximum absolute atomic E-state index is 13.0. The predicted octanol–water partition coefficient (Wildman–Crippen LogP) is 8.23. The van der Waals surface area contributed by atoms with Gasteiger partial charge >= 0.3 is 20.2 Å². The monoisotopic (exact) mass is 616 g/mol. The number of allylic oxidation sites excluding steroid dienone is 2. The first-order valence-corrected chi connectivity index (χ1v) is 16.7. The van der Waals surface area contributed by atoms with Crippen LogP contribution >= 0.6 is 0 Å². The van der Waals surface area contributed by atoms with Crippen molar-refractivity contribution in [1.29, 1.82) is 0 Å². The summed E-state index contributed by atoms with van der Waals surface area (Å²) in [6.07, 6.45) is 7.58. The van der Waals surface area contributed by atoms with E-state index in [0.29, 0.717) is 11.1 Å². The van der Waals surface area contributed by atoms with E-state index in [9.17, 15) is 16.8 Å². The zero-order valence-corrected chi connectivity index (χ0v) is 26.8. The largest absolute Gasteiger partial charge is 0.379 e. The second-order valence-electron chi connectivity index (χ2n) is 10.7. The maximum atomic E-state index is 13.0. The Morgan fingerprint density at radius 1 is 0.581 bits per heavy atom. The van der Waals surface area contributed by atoms with Crippen molar-refractivity contribution in [2.75, 3.05) is 0 Å². The van der Waals surface area contributed by atoms with Crippen molar-refractivity contribution in [3.8, 4) is 11.5 Å². The first-order chi connectivity index (χ1) is 20.3. The minimum atomic E-state index is -4.03. The average molecular weight is 617 g/mol. The summed E-state index contributed by atoms with van der Waals surface area (Å²) in [7, 11) is -8.06. The normalized spacial score (nSPS) is 12.6. The van der Waals surface area contributed by atoms with Gasteiger partial charge in [0.2, 0.25) is 0 Å². The molecule has 0 unspecified atom stereocenters. The molecule has 0 spiro atoms. The van der Waals surface area contributed by atoms with Crippen LogP contribution in [0.1, 0.15) is 61.1 Å². The first kappa shape index (κ1) is 31.8. The molecule has 0 atom stereocenters. The molecule has 0 aliphatic heterocycles. The smallest absolute Gasteiger partial charge is 0.339 e. The molecule has 0 bridgehead atoms. The summed E-state index contributed by atoms with van der Waals surface area (Å²) in [5.41, 5.74) is 4.06. The number of rotatable bonds is 10. The van der Waals surface area contributed by atoms with Gasteiger partial charge in [-0.3, -0.25) is 0 Å². The molecule has 43 heavy (non-hydrogen) atoms. The highest BCUT2D eigenvalue weighted by Crippen LogP contribution is 2.40. The van der Waals surface area contributed by atoms with Gasteiger partial charge in [0.05, 0.1) is 0 Å². The van der Waals surface area contributed by atoms with Gasteiger partial charge in [0.1, 0.15) is 21.3 Å². The van der Waals surface area contributed by atoms with Crippen molar-refractivity contribution < 1.29 is 25.2 Å². The summed E-state index contributed by atoms with van der Waals surface area (Å²) in [6.45, 7) is 11.4. The van der Waals surface area contributed by atoms with Crippen LogP contribution in [0.25, 0.3) is 12.2 Å². The summed E-state index contributed by atoms with van der Waals surface area (Å²) in [5, 5.41) is 0. The molecular weight excluding hydrogens is 581 g/mol. The topological polar surface area (TPSA) is 86.7 Å². The van der Waals surface area contributed by atoms with E-state index in [1.807, 2.05) is 50.3 Å². The Bertz CT molecular complexity index is 1780. The average Bonchev–Trinajstić information content (AvgIpc) is 2.93. The Labute approximate surface area is 255 Å². The van der Waals surface area contributed by atoms with Crippen LogP contribution in [-0.4, -0.2) is 16.8 Å². The second-order valence-corrected chi connectivity index (χ2v) is 13.8. The first-order valence-electron chi connectivity index (χ1n) is 13.8. The second kappa shape index (κ2) is 12.6. The fraction of sp³-hybridized carbons (Fsp3) is 0.200. The number of benzene rings is 4. The molecular formula is C35H36O6S2. The molecule has 0 fully saturated rings. The van der Waals surface area contributed by atoms with Gasteiger partial charge in [0, 0.05) is 5.41 Å². The van der Waals surface area contributed by atoms with E-state index in [1.54, 1.807) is 74.5 Å². The van der Waals surface area contributed by atoms with Gasteiger partial charge in [-0.15, -0.1) is 0 Å². The van der Waals surface area contributed by atoms with Crippen molar-refractivity contribution >= 4 is 32.4 Å². The lowest BCUT2D eigenvalue weighted by atomic mass is 9.74. The minimum absolute atomic E-state index is 0.120. The van der Waals surface area contributed by atoms with E-state index >= 15 is 0 Å². The highest BCUT2D eigenvalue weighted by molar-refractivity contribution is 7.87. The van der Waals surface area contributed by atoms with Gasteiger partial charge in [-0.05, 0) is 97.5 Å². The summed E-state index contributed by atoms with van der Waals surface area (Å²) in [5.74, 6) is 0.407. The molecule has 0 N–H and O–H groups in total. The van der Waals surface area contributed by atoms with Gasteiger partial charge < -0.3 is 8.37 Å². The maximum Gasteiger partial charge on any atom is 0.339 e. The summed E-state index contributed by atoms with van der Waals surface area (Å²) < 4.78 is 63.3. The van der Waals surface area contributed by atoms with E-state index in [-0.39, 0.29) is 21.3 Å². The summed E-state index contributed by atoms with van der Waals surface area (Å²) >= 11 is 0. The van der Waals surface area contributed by atoms with E-state index in [0.717, 1.165) is 22.3 Å². The Hall–Kier alpha value is -4.14. The zero-order valence-electron chi connectivity index (χ0n) is 25.2. The van der Waals surface area contributed by atoms with Gasteiger partial charge in [0.15, 0.2) is 0 Å². The number of aryl methyl sites for hydroxylation is 2. The molecule has 8 heteroatoms. The highest BCUT2D eigenvalue weighted by atomic mass is 32.2. The fourth-order valence-corrected chi connectivity index (χ4v) is 7.43. The molecule has 0 aliphatic rings. The lowest BCUT2D eigenvalue weighted by Crippen LogP contribution is -2.22. The molecule has 0 aliphatic carbocycles. The third-order valence-corrected chi connectivity index (χ3v) is 10.0. The molecule has 6 nitrogen and oxygen atoms in total. The van der Waals surface area contributed by atoms with Crippen molar-refractivity contribution in [1.82, 2.24) is 0 Å². The summed E-state index contributed by atoms with van der Waals surface area (Å²) in [6, 6.07) is 23.9. The molecule has 0 saturated heterocycles. The molecule has 0 heterocycles. The van der Waals surface area contributed by atoms with E-state index in [4.69, 9.17) is 8.37 Å². The van der Waals surface area contributed by atoms with E-state index < -0.39 is 25.7 Å². The lowest BCUT2D eigenvalue weighted by Gasteiger charge is -2.30. The van der Waals surface area contributed by atoms with Crippen molar-refractivity contribution in [2.45, 2.75) is 56.7 Å². The van der Waals surface area contributed by atoms with Crippen molar-refractivity contribution in [2.24, 2.45) is 0 Å². The molecule has 224 valence electrons. The minimum Gasteiger partial charge on any atom is -0.379 e. The van der Waals surface area contributed by atoms with Gasteiger partial charge in [-0.25, -0.2) is 0 Å². The van der Waals surface area contributed by atoms with Gasteiger partial charge in [0.25, 0.3) is 0 Å². The van der Waals surface area contributed by atoms with Crippen LogP contribution in [0.2, 0.25) is 0 Å². The van der Waals surface area contributed by atoms with Crippen LogP contribution in [0.5, 0.6) is 11.5 Å².